The van der Waals surface area contributed by atoms with E-state index in [1.807, 2.05) is 7.11 Å². The first-order chi connectivity index (χ1) is 12.8. The third-order valence-electron chi connectivity index (χ3n) is 6.64. The molecule has 0 spiro atoms. The molecule has 0 bridgehead atoms. The van der Waals surface area contributed by atoms with Crippen LogP contribution in [0.4, 0.5) is 0 Å². The minimum atomic E-state index is -1.63. The van der Waals surface area contributed by atoms with Gasteiger partial charge in [-0.1, -0.05) is 52.9 Å². The highest BCUT2D eigenvalue weighted by Gasteiger charge is 2.41. The Balaban J connectivity index is 5.18. The Morgan fingerprint density at radius 1 is 0.778 bits per heavy atom. The van der Waals surface area contributed by atoms with Crippen molar-refractivity contribution in [3.05, 3.63) is 0 Å². The zero-order valence-electron chi connectivity index (χ0n) is 20.2. The third kappa shape index (κ3) is 11.6. The van der Waals surface area contributed by atoms with Gasteiger partial charge in [0.2, 0.25) is 0 Å². The van der Waals surface area contributed by atoms with Crippen molar-refractivity contribution in [1.82, 2.24) is 9.80 Å². The predicted molar refractivity (Wildman–Crippen MR) is 125 cm³/mol. The second kappa shape index (κ2) is 15.0. The average molecular weight is 401 g/mol. The Morgan fingerprint density at radius 3 is 1.70 bits per heavy atom. The Kier molecular flexibility index (Phi) is 15.1. The SMILES string of the molecule is CCCCCC[Si](CC)(CC(CC)(CCCN(C)C)CCCN(C)C)OC. The van der Waals surface area contributed by atoms with E-state index in [9.17, 15) is 0 Å². The Morgan fingerprint density at radius 2 is 1.33 bits per heavy atom. The van der Waals surface area contributed by atoms with Crippen molar-refractivity contribution in [2.75, 3.05) is 48.4 Å². The molecule has 0 rings (SSSR count). The highest BCUT2D eigenvalue weighted by molar-refractivity contribution is 6.73. The van der Waals surface area contributed by atoms with Crippen molar-refractivity contribution in [1.29, 1.82) is 0 Å². The van der Waals surface area contributed by atoms with E-state index in [0.717, 1.165) is 0 Å². The molecule has 0 saturated carbocycles. The molecule has 0 aromatic carbocycles. The fourth-order valence-electron chi connectivity index (χ4n) is 4.59. The second-order valence-electron chi connectivity index (χ2n) is 9.40. The van der Waals surface area contributed by atoms with Gasteiger partial charge < -0.3 is 14.2 Å². The molecule has 0 aliphatic carbocycles. The maximum atomic E-state index is 6.40. The molecule has 0 saturated heterocycles. The Labute approximate surface area is 173 Å². The minimum absolute atomic E-state index is 0.481. The number of hydrogen-bond acceptors (Lipinski definition) is 3. The molecule has 0 aromatic rings. The van der Waals surface area contributed by atoms with Crippen LogP contribution in [0.1, 0.15) is 78.6 Å². The van der Waals surface area contributed by atoms with Crippen molar-refractivity contribution in [2.24, 2.45) is 5.41 Å². The number of rotatable bonds is 18. The maximum absolute atomic E-state index is 6.40. The van der Waals surface area contributed by atoms with E-state index in [1.54, 1.807) is 0 Å². The normalized spacial score (nSPS) is 14.9. The number of nitrogens with zero attached hydrogens (tertiary/aromatic N) is 2. The van der Waals surface area contributed by atoms with Gasteiger partial charge in [-0.2, -0.15) is 0 Å². The molecule has 4 heteroatoms. The molecule has 1 atom stereocenters. The average Bonchev–Trinajstić information content (AvgIpc) is 2.63. The van der Waals surface area contributed by atoms with E-state index in [1.165, 1.54) is 89.0 Å². The van der Waals surface area contributed by atoms with Crippen molar-refractivity contribution >= 4 is 8.32 Å². The molecule has 1 unspecified atom stereocenters. The van der Waals surface area contributed by atoms with Gasteiger partial charge in [-0.3, -0.25) is 0 Å². The van der Waals surface area contributed by atoms with Crippen LogP contribution in [0.3, 0.4) is 0 Å². The lowest BCUT2D eigenvalue weighted by Gasteiger charge is -2.42. The van der Waals surface area contributed by atoms with E-state index in [2.05, 4.69) is 58.8 Å². The fourth-order valence-corrected chi connectivity index (χ4v) is 8.87. The molecule has 0 N–H and O–H groups in total. The topological polar surface area (TPSA) is 15.7 Å². The lowest BCUT2D eigenvalue weighted by molar-refractivity contribution is 0.209. The van der Waals surface area contributed by atoms with Crippen molar-refractivity contribution in [2.45, 2.75) is 96.7 Å². The summed E-state index contributed by atoms with van der Waals surface area (Å²) < 4.78 is 6.40. The van der Waals surface area contributed by atoms with Crippen LogP contribution in [0.2, 0.25) is 18.1 Å². The smallest absolute Gasteiger partial charge is 0.192 e. The van der Waals surface area contributed by atoms with Gasteiger partial charge in [0.25, 0.3) is 0 Å². The second-order valence-corrected chi connectivity index (χ2v) is 13.7. The first-order valence-electron chi connectivity index (χ1n) is 11.6. The van der Waals surface area contributed by atoms with Gasteiger partial charge in [0.15, 0.2) is 8.32 Å². The van der Waals surface area contributed by atoms with Gasteiger partial charge in [-0.25, -0.2) is 0 Å². The van der Waals surface area contributed by atoms with Crippen LogP contribution in [0.15, 0.2) is 0 Å². The highest BCUT2D eigenvalue weighted by Crippen LogP contribution is 2.44. The molecule has 27 heavy (non-hydrogen) atoms. The fraction of sp³-hybridized carbons (Fsp3) is 1.00. The van der Waals surface area contributed by atoms with Crippen LogP contribution in [0, 0.1) is 5.41 Å². The largest absolute Gasteiger partial charge is 0.420 e. The summed E-state index contributed by atoms with van der Waals surface area (Å²) in [6.07, 6.45) is 12.1. The van der Waals surface area contributed by atoms with Crippen LogP contribution in [-0.2, 0) is 4.43 Å². The zero-order valence-corrected chi connectivity index (χ0v) is 21.2. The molecule has 0 radical (unpaired) electrons. The van der Waals surface area contributed by atoms with Crippen molar-refractivity contribution in [3.8, 4) is 0 Å². The van der Waals surface area contributed by atoms with E-state index in [4.69, 9.17) is 4.43 Å². The first kappa shape index (κ1) is 27.1. The molecular formula is C23H52N2OSi. The molecule has 3 nitrogen and oxygen atoms in total. The van der Waals surface area contributed by atoms with Crippen LogP contribution in [0.25, 0.3) is 0 Å². The summed E-state index contributed by atoms with van der Waals surface area (Å²) in [5, 5.41) is 0. The van der Waals surface area contributed by atoms with E-state index in [0.29, 0.717) is 5.41 Å². The van der Waals surface area contributed by atoms with Gasteiger partial charge in [-0.15, -0.1) is 0 Å². The summed E-state index contributed by atoms with van der Waals surface area (Å²) in [4.78, 5) is 4.68. The highest BCUT2D eigenvalue weighted by atomic mass is 28.4. The lowest BCUT2D eigenvalue weighted by Crippen LogP contribution is -2.43. The Hall–Kier alpha value is 0.0969. The van der Waals surface area contributed by atoms with E-state index < -0.39 is 8.32 Å². The van der Waals surface area contributed by atoms with Crippen LogP contribution >= 0.6 is 0 Å². The van der Waals surface area contributed by atoms with Gasteiger partial charge in [0.1, 0.15) is 0 Å². The maximum Gasteiger partial charge on any atom is 0.192 e. The molecular weight excluding hydrogens is 348 g/mol. The van der Waals surface area contributed by atoms with Gasteiger partial charge >= 0.3 is 0 Å². The molecule has 0 aromatic heterocycles. The summed E-state index contributed by atoms with van der Waals surface area (Å²) in [7, 11) is 9.20. The molecule has 0 amide bonds. The monoisotopic (exact) mass is 400 g/mol. The summed E-state index contributed by atoms with van der Waals surface area (Å²) >= 11 is 0. The minimum Gasteiger partial charge on any atom is -0.420 e. The molecule has 0 heterocycles. The number of hydrogen-bond donors (Lipinski definition) is 0. The molecule has 164 valence electrons. The summed E-state index contributed by atoms with van der Waals surface area (Å²) in [5.74, 6) is 0. The summed E-state index contributed by atoms with van der Waals surface area (Å²) in [5.41, 5.74) is 0.481. The van der Waals surface area contributed by atoms with Crippen molar-refractivity contribution in [3.63, 3.8) is 0 Å². The van der Waals surface area contributed by atoms with Crippen molar-refractivity contribution < 1.29 is 4.43 Å². The molecule has 0 aliphatic heterocycles. The summed E-state index contributed by atoms with van der Waals surface area (Å²) in [6, 6.07) is 4.01. The molecule has 0 aliphatic rings. The van der Waals surface area contributed by atoms with Gasteiger partial charge in [0, 0.05) is 7.11 Å². The van der Waals surface area contributed by atoms with E-state index in [-0.39, 0.29) is 0 Å². The number of unbranched alkanes of at least 4 members (excludes halogenated alkanes) is 3. The standard InChI is InChI=1S/C23H52N2OSi/c1-9-12-13-14-21-27(11-3,26-8)22-23(10-2,17-15-19-24(4)5)18-16-20-25(6)7/h9-22H2,1-8H3. The summed E-state index contributed by atoms with van der Waals surface area (Å²) in [6.45, 7) is 9.56. The quantitative estimate of drug-likeness (QED) is 0.199. The van der Waals surface area contributed by atoms with Crippen LogP contribution in [-0.4, -0.2) is 66.5 Å². The predicted octanol–water partition coefficient (Wildman–Crippen LogP) is 6.26. The van der Waals surface area contributed by atoms with Gasteiger partial charge in [-0.05, 0) is 90.5 Å². The van der Waals surface area contributed by atoms with E-state index >= 15 is 0 Å². The zero-order chi connectivity index (χ0) is 20.8. The first-order valence-corrected chi connectivity index (χ1v) is 14.2. The lowest BCUT2D eigenvalue weighted by atomic mass is 9.78. The van der Waals surface area contributed by atoms with Crippen LogP contribution in [0.5, 0.6) is 0 Å². The third-order valence-corrected chi connectivity index (χ3v) is 11.4. The Bertz CT molecular complexity index is 329. The van der Waals surface area contributed by atoms with Gasteiger partial charge in [0.05, 0.1) is 0 Å². The van der Waals surface area contributed by atoms with Crippen LogP contribution < -0.4 is 0 Å². The molecule has 0 fully saturated rings.